The van der Waals surface area contributed by atoms with Crippen molar-refractivity contribution in [2.75, 3.05) is 0 Å². The molecule has 0 heterocycles. The van der Waals surface area contributed by atoms with Crippen molar-refractivity contribution in [2.24, 2.45) is 0 Å². The zero-order valence-electron chi connectivity index (χ0n) is 8.53. The van der Waals surface area contributed by atoms with Crippen LogP contribution in [0, 0.1) is 0 Å². The molecule has 0 aromatic carbocycles. The van der Waals surface area contributed by atoms with Crippen LogP contribution in [0.5, 0.6) is 0 Å². The van der Waals surface area contributed by atoms with Crippen LogP contribution in [0.4, 0.5) is 0 Å². The molecule has 0 aliphatic carbocycles. The van der Waals surface area contributed by atoms with Crippen molar-refractivity contribution in [3.8, 4) is 0 Å². The molecule has 80 valence electrons. The first-order chi connectivity index (χ1) is 6.56. The van der Waals surface area contributed by atoms with Gasteiger partial charge in [-0.1, -0.05) is 19.4 Å². The quantitative estimate of drug-likeness (QED) is 0.524. The molecule has 1 atom stereocenters. The van der Waals surface area contributed by atoms with E-state index in [-0.39, 0.29) is 18.5 Å². The third kappa shape index (κ3) is 7.34. The van der Waals surface area contributed by atoms with Gasteiger partial charge in [0.05, 0.1) is 12.5 Å². The van der Waals surface area contributed by atoms with Crippen molar-refractivity contribution in [1.82, 2.24) is 0 Å². The lowest BCUT2D eigenvalue weighted by Gasteiger charge is -2.10. The molecule has 0 rings (SSSR count). The number of hydrogen-bond donors (Lipinski definition) is 1. The van der Waals surface area contributed by atoms with Gasteiger partial charge in [-0.15, -0.1) is 0 Å². The van der Waals surface area contributed by atoms with Gasteiger partial charge in [0, 0.05) is 6.08 Å². The molecular weight excluding hydrogens is 184 g/mol. The summed E-state index contributed by atoms with van der Waals surface area (Å²) in [5.41, 5.74) is 0. The maximum Gasteiger partial charge on any atom is 0.327 e. The Hall–Kier alpha value is -1.32. The molecule has 0 radical (unpaired) electrons. The Bertz CT molecular complexity index is 220. The summed E-state index contributed by atoms with van der Waals surface area (Å²) < 4.78 is 4.99. The maximum absolute atomic E-state index is 11.0. The molecule has 0 amide bonds. The fourth-order valence-corrected chi connectivity index (χ4v) is 0.994. The molecule has 0 aromatic rings. The molecule has 4 nitrogen and oxygen atoms in total. The SMILES string of the molecule is CCCC(C)OC(=O)C/C=C/C(=O)O. The van der Waals surface area contributed by atoms with E-state index in [4.69, 9.17) is 9.84 Å². The van der Waals surface area contributed by atoms with Crippen LogP contribution in [0.15, 0.2) is 12.2 Å². The Labute approximate surface area is 83.6 Å². The predicted octanol–water partition coefficient (Wildman–Crippen LogP) is 1.75. The third-order valence-corrected chi connectivity index (χ3v) is 1.57. The summed E-state index contributed by atoms with van der Waals surface area (Å²) in [6.45, 7) is 3.83. The van der Waals surface area contributed by atoms with Gasteiger partial charge < -0.3 is 9.84 Å². The first kappa shape index (κ1) is 12.7. The van der Waals surface area contributed by atoms with E-state index in [0.29, 0.717) is 0 Å². The average molecular weight is 200 g/mol. The highest BCUT2D eigenvalue weighted by molar-refractivity contribution is 5.81. The van der Waals surface area contributed by atoms with Crippen LogP contribution >= 0.6 is 0 Å². The van der Waals surface area contributed by atoms with Crippen LogP contribution in [0.3, 0.4) is 0 Å². The van der Waals surface area contributed by atoms with Crippen molar-refractivity contribution in [1.29, 1.82) is 0 Å². The normalized spacial score (nSPS) is 12.7. The average Bonchev–Trinajstić information content (AvgIpc) is 2.03. The summed E-state index contributed by atoms with van der Waals surface area (Å²) in [7, 11) is 0. The Kier molecular flexibility index (Phi) is 6.45. The van der Waals surface area contributed by atoms with Gasteiger partial charge in [0.15, 0.2) is 0 Å². The standard InChI is InChI=1S/C10H16O4/c1-3-5-8(2)14-10(13)7-4-6-9(11)12/h4,6,8H,3,5,7H2,1-2H3,(H,11,12)/b6-4+. The molecule has 0 saturated carbocycles. The lowest BCUT2D eigenvalue weighted by atomic mass is 10.2. The third-order valence-electron chi connectivity index (χ3n) is 1.57. The number of hydrogen-bond acceptors (Lipinski definition) is 3. The van der Waals surface area contributed by atoms with Gasteiger partial charge in [-0.2, -0.15) is 0 Å². The fourth-order valence-electron chi connectivity index (χ4n) is 0.994. The van der Waals surface area contributed by atoms with Crippen LogP contribution < -0.4 is 0 Å². The van der Waals surface area contributed by atoms with Crippen molar-refractivity contribution < 1.29 is 19.4 Å². The minimum absolute atomic E-state index is 0.0142. The monoisotopic (exact) mass is 200 g/mol. The number of carboxylic acids is 1. The van der Waals surface area contributed by atoms with Crippen molar-refractivity contribution in [3.63, 3.8) is 0 Å². The molecule has 0 fully saturated rings. The first-order valence-corrected chi connectivity index (χ1v) is 4.65. The fraction of sp³-hybridized carbons (Fsp3) is 0.600. The van der Waals surface area contributed by atoms with E-state index in [1.807, 2.05) is 13.8 Å². The van der Waals surface area contributed by atoms with Crippen LogP contribution in [0.25, 0.3) is 0 Å². The lowest BCUT2D eigenvalue weighted by Crippen LogP contribution is -2.13. The zero-order valence-corrected chi connectivity index (χ0v) is 8.53. The summed E-state index contributed by atoms with van der Waals surface area (Å²) in [4.78, 5) is 21.1. The molecule has 0 spiro atoms. The lowest BCUT2D eigenvalue weighted by molar-refractivity contribution is -0.147. The smallest absolute Gasteiger partial charge is 0.327 e. The summed E-state index contributed by atoms with van der Waals surface area (Å²) >= 11 is 0. The highest BCUT2D eigenvalue weighted by Crippen LogP contribution is 2.02. The second-order valence-corrected chi connectivity index (χ2v) is 3.03. The van der Waals surface area contributed by atoms with Gasteiger partial charge in [-0.05, 0) is 13.3 Å². The van der Waals surface area contributed by atoms with E-state index in [1.165, 1.54) is 6.08 Å². The summed E-state index contributed by atoms with van der Waals surface area (Å²) in [6, 6.07) is 0. The molecule has 1 unspecified atom stereocenters. The van der Waals surface area contributed by atoms with Crippen LogP contribution in [0.1, 0.15) is 33.1 Å². The van der Waals surface area contributed by atoms with Gasteiger partial charge in [0.1, 0.15) is 0 Å². The van der Waals surface area contributed by atoms with Crippen LogP contribution in [0.2, 0.25) is 0 Å². The minimum Gasteiger partial charge on any atom is -0.478 e. The van der Waals surface area contributed by atoms with E-state index in [0.717, 1.165) is 18.9 Å². The molecule has 0 saturated heterocycles. The Morgan fingerprint density at radius 1 is 1.50 bits per heavy atom. The molecule has 0 aromatic heterocycles. The maximum atomic E-state index is 11.0. The van der Waals surface area contributed by atoms with E-state index in [1.54, 1.807) is 0 Å². The number of carbonyl (C=O) groups is 2. The minimum atomic E-state index is -1.06. The Morgan fingerprint density at radius 3 is 2.64 bits per heavy atom. The second-order valence-electron chi connectivity index (χ2n) is 3.03. The van der Waals surface area contributed by atoms with Gasteiger partial charge in [0.25, 0.3) is 0 Å². The predicted molar refractivity (Wildman–Crippen MR) is 51.9 cm³/mol. The molecule has 0 bridgehead atoms. The first-order valence-electron chi connectivity index (χ1n) is 4.65. The van der Waals surface area contributed by atoms with Gasteiger partial charge >= 0.3 is 11.9 Å². The topological polar surface area (TPSA) is 63.6 Å². The summed E-state index contributed by atoms with van der Waals surface area (Å²) in [5, 5.41) is 8.25. The number of esters is 1. The van der Waals surface area contributed by atoms with Gasteiger partial charge in [-0.25, -0.2) is 4.79 Å². The Balaban J connectivity index is 3.70. The van der Waals surface area contributed by atoms with Crippen molar-refractivity contribution in [3.05, 3.63) is 12.2 Å². The highest BCUT2D eigenvalue weighted by Gasteiger charge is 2.06. The summed E-state index contributed by atoms with van der Waals surface area (Å²) in [6.07, 6.45) is 3.93. The van der Waals surface area contributed by atoms with Crippen LogP contribution in [-0.4, -0.2) is 23.1 Å². The molecule has 1 N–H and O–H groups in total. The van der Waals surface area contributed by atoms with E-state index >= 15 is 0 Å². The van der Waals surface area contributed by atoms with E-state index in [9.17, 15) is 9.59 Å². The number of ether oxygens (including phenoxy) is 1. The van der Waals surface area contributed by atoms with E-state index < -0.39 is 5.97 Å². The highest BCUT2D eigenvalue weighted by atomic mass is 16.5. The number of carbonyl (C=O) groups excluding carboxylic acids is 1. The molecule has 0 aliphatic rings. The number of carboxylic acid groups (broad SMARTS) is 1. The zero-order chi connectivity index (χ0) is 11.0. The largest absolute Gasteiger partial charge is 0.478 e. The van der Waals surface area contributed by atoms with E-state index in [2.05, 4.69) is 0 Å². The Morgan fingerprint density at radius 2 is 2.14 bits per heavy atom. The van der Waals surface area contributed by atoms with Crippen molar-refractivity contribution >= 4 is 11.9 Å². The van der Waals surface area contributed by atoms with Gasteiger partial charge in [0.2, 0.25) is 0 Å². The molecule has 14 heavy (non-hydrogen) atoms. The summed E-state index contributed by atoms with van der Waals surface area (Å²) in [5.74, 6) is -1.44. The second kappa shape index (κ2) is 7.12. The van der Waals surface area contributed by atoms with Crippen LogP contribution in [-0.2, 0) is 14.3 Å². The number of rotatable bonds is 6. The van der Waals surface area contributed by atoms with Gasteiger partial charge in [-0.3, -0.25) is 4.79 Å². The molecule has 0 aliphatic heterocycles. The van der Waals surface area contributed by atoms with Crippen molar-refractivity contribution in [2.45, 2.75) is 39.2 Å². The number of aliphatic carboxylic acids is 1. The molecule has 4 heteroatoms. The molecular formula is C10H16O4.